The number of hydrogen-bond acceptors (Lipinski definition) is 3. The topological polar surface area (TPSA) is 50.9 Å². The van der Waals surface area contributed by atoms with Gasteiger partial charge in [0, 0.05) is 23.0 Å². The van der Waals surface area contributed by atoms with E-state index in [1.807, 2.05) is 18.2 Å². The van der Waals surface area contributed by atoms with Gasteiger partial charge in [0.05, 0.1) is 5.52 Å². The zero-order valence-electron chi connectivity index (χ0n) is 10.6. The Bertz CT molecular complexity index is 526. The van der Waals surface area contributed by atoms with Crippen molar-refractivity contribution in [3.63, 3.8) is 0 Å². The standard InChI is InChI=1S/C14H19N3/c1-14(2,3)17-13-11(9-15)8-10-6-4-5-7-12(10)16-13/h4-8H,9,15H2,1-3H3,(H,16,17). The number of nitrogens with one attached hydrogen (secondary N) is 1. The summed E-state index contributed by atoms with van der Waals surface area (Å²) in [5.41, 5.74) is 7.82. The van der Waals surface area contributed by atoms with Gasteiger partial charge in [-0.1, -0.05) is 18.2 Å². The maximum atomic E-state index is 5.78. The molecular formula is C14H19N3. The molecule has 17 heavy (non-hydrogen) atoms. The van der Waals surface area contributed by atoms with E-state index in [0.717, 1.165) is 22.3 Å². The number of benzene rings is 1. The van der Waals surface area contributed by atoms with Crippen LogP contribution in [0.5, 0.6) is 0 Å². The van der Waals surface area contributed by atoms with Gasteiger partial charge in [-0.05, 0) is 32.9 Å². The third-order valence-electron chi connectivity index (χ3n) is 2.52. The lowest BCUT2D eigenvalue weighted by atomic mass is 10.1. The summed E-state index contributed by atoms with van der Waals surface area (Å²) in [5, 5.41) is 4.53. The van der Waals surface area contributed by atoms with Gasteiger partial charge in [0.1, 0.15) is 5.82 Å². The average Bonchev–Trinajstić information content (AvgIpc) is 2.26. The first-order chi connectivity index (χ1) is 7.99. The highest BCUT2D eigenvalue weighted by atomic mass is 15.0. The Kier molecular flexibility index (Phi) is 3.03. The SMILES string of the molecule is CC(C)(C)Nc1nc2ccccc2cc1CN. The van der Waals surface area contributed by atoms with Crippen molar-refractivity contribution in [3.05, 3.63) is 35.9 Å². The van der Waals surface area contributed by atoms with Crippen molar-refractivity contribution < 1.29 is 0 Å². The highest BCUT2D eigenvalue weighted by molar-refractivity contribution is 5.81. The summed E-state index contributed by atoms with van der Waals surface area (Å²) in [6.07, 6.45) is 0. The molecule has 2 aromatic rings. The van der Waals surface area contributed by atoms with Crippen LogP contribution in [0.25, 0.3) is 10.9 Å². The van der Waals surface area contributed by atoms with Crippen molar-refractivity contribution >= 4 is 16.7 Å². The molecule has 0 aliphatic rings. The molecule has 0 aliphatic heterocycles. The lowest BCUT2D eigenvalue weighted by Crippen LogP contribution is -2.27. The van der Waals surface area contributed by atoms with Gasteiger partial charge >= 0.3 is 0 Å². The van der Waals surface area contributed by atoms with Crippen molar-refractivity contribution in [2.24, 2.45) is 5.73 Å². The molecule has 0 atom stereocenters. The van der Waals surface area contributed by atoms with E-state index in [1.54, 1.807) is 0 Å². The van der Waals surface area contributed by atoms with Gasteiger partial charge in [-0.3, -0.25) is 0 Å². The molecule has 1 aromatic heterocycles. The van der Waals surface area contributed by atoms with E-state index in [4.69, 9.17) is 5.73 Å². The van der Waals surface area contributed by atoms with Crippen LogP contribution in [0, 0.1) is 0 Å². The Morgan fingerprint density at radius 1 is 1.24 bits per heavy atom. The van der Waals surface area contributed by atoms with Crippen LogP contribution in [0.3, 0.4) is 0 Å². The van der Waals surface area contributed by atoms with Crippen LogP contribution in [0.15, 0.2) is 30.3 Å². The molecule has 1 aromatic carbocycles. The van der Waals surface area contributed by atoms with Gasteiger partial charge in [0.15, 0.2) is 0 Å². The Labute approximate surface area is 102 Å². The van der Waals surface area contributed by atoms with Gasteiger partial charge in [0.25, 0.3) is 0 Å². The largest absolute Gasteiger partial charge is 0.365 e. The van der Waals surface area contributed by atoms with Gasteiger partial charge in [-0.2, -0.15) is 0 Å². The molecule has 3 N–H and O–H groups in total. The zero-order chi connectivity index (χ0) is 12.5. The summed E-state index contributed by atoms with van der Waals surface area (Å²) >= 11 is 0. The molecule has 0 spiro atoms. The molecule has 0 bridgehead atoms. The predicted octanol–water partition coefficient (Wildman–Crippen LogP) is 2.90. The molecule has 3 heteroatoms. The first-order valence-electron chi connectivity index (χ1n) is 5.86. The van der Waals surface area contributed by atoms with E-state index in [-0.39, 0.29) is 5.54 Å². The monoisotopic (exact) mass is 229 g/mol. The van der Waals surface area contributed by atoms with Crippen LogP contribution in [0.4, 0.5) is 5.82 Å². The number of fused-ring (bicyclic) bond motifs is 1. The normalized spacial score (nSPS) is 11.8. The third-order valence-corrected chi connectivity index (χ3v) is 2.52. The molecule has 0 fully saturated rings. The number of anilines is 1. The average molecular weight is 229 g/mol. The molecule has 2 rings (SSSR count). The Balaban J connectivity index is 2.53. The summed E-state index contributed by atoms with van der Waals surface area (Å²) in [4.78, 5) is 4.64. The molecule has 0 amide bonds. The van der Waals surface area contributed by atoms with Crippen LogP contribution in [-0.4, -0.2) is 10.5 Å². The molecule has 3 nitrogen and oxygen atoms in total. The lowest BCUT2D eigenvalue weighted by molar-refractivity contribution is 0.629. The quantitative estimate of drug-likeness (QED) is 0.832. The van der Waals surface area contributed by atoms with Crippen molar-refractivity contribution in [1.82, 2.24) is 4.98 Å². The summed E-state index contributed by atoms with van der Waals surface area (Å²) in [6.45, 7) is 6.84. The Morgan fingerprint density at radius 2 is 1.94 bits per heavy atom. The second-order valence-electron chi connectivity index (χ2n) is 5.27. The highest BCUT2D eigenvalue weighted by Gasteiger charge is 2.13. The first kappa shape index (κ1) is 11.9. The number of hydrogen-bond donors (Lipinski definition) is 2. The number of pyridine rings is 1. The van der Waals surface area contributed by atoms with E-state index in [0.29, 0.717) is 6.54 Å². The zero-order valence-corrected chi connectivity index (χ0v) is 10.6. The maximum Gasteiger partial charge on any atom is 0.131 e. The number of para-hydroxylation sites is 1. The minimum atomic E-state index is -0.0145. The van der Waals surface area contributed by atoms with E-state index in [2.05, 4.69) is 43.2 Å². The van der Waals surface area contributed by atoms with Gasteiger partial charge in [-0.15, -0.1) is 0 Å². The number of nitrogens with zero attached hydrogens (tertiary/aromatic N) is 1. The lowest BCUT2D eigenvalue weighted by Gasteiger charge is -2.23. The van der Waals surface area contributed by atoms with Gasteiger partial charge < -0.3 is 11.1 Å². The second-order valence-corrected chi connectivity index (χ2v) is 5.27. The minimum Gasteiger partial charge on any atom is -0.365 e. The van der Waals surface area contributed by atoms with E-state index in [9.17, 15) is 0 Å². The summed E-state index contributed by atoms with van der Waals surface area (Å²) in [5.74, 6) is 0.888. The fraction of sp³-hybridized carbons (Fsp3) is 0.357. The van der Waals surface area contributed by atoms with Crippen molar-refractivity contribution in [2.45, 2.75) is 32.9 Å². The summed E-state index contributed by atoms with van der Waals surface area (Å²) in [7, 11) is 0. The molecule has 90 valence electrons. The van der Waals surface area contributed by atoms with Crippen LogP contribution in [0.1, 0.15) is 26.3 Å². The van der Waals surface area contributed by atoms with Gasteiger partial charge in [-0.25, -0.2) is 4.98 Å². The van der Waals surface area contributed by atoms with Crippen molar-refractivity contribution in [2.75, 3.05) is 5.32 Å². The first-order valence-corrected chi connectivity index (χ1v) is 5.86. The predicted molar refractivity (Wildman–Crippen MR) is 73.0 cm³/mol. The number of nitrogens with two attached hydrogens (primary N) is 1. The molecule has 0 saturated heterocycles. The molecule has 0 saturated carbocycles. The molecule has 0 radical (unpaired) electrons. The summed E-state index contributed by atoms with van der Waals surface area (Å²) in [6, 6.07) is 10.2. The fourth-order valence-corrected chi connectivity index (χ4v) is 1.78. The van der Waals surface area contributed by atoms with Crippen molar-refractivity contribution in [1.29, 1.82) is 0 Å². The van der Waals surface area contributed by atoms with Crippen LogP contribution < -0.4 is 11.1 Å². The Morgan fingerprint density at radius 3 is 2.59 bits per heavy atom. The highest BCUT2D eigenvalue weighted by Crippen LogP contribution is 2.22. The van der Waals surface area contributed by atoms with E-state index in [1.165, 1.54) is 0 Å². The summed E-state index contributed by atoms with van der Waals surface area (Å²) < 4.78 is 0. The fourth-order valence-electron chi connectivity index (χ4n) is 1.78. The maximum absolute atomic E-state index is 5.78. The smallest absolute Gasteiger partial charge is 0.131 e. The molecular weight excluding hydrogens is 210 g/mol. The van der Waals surface area contributed by atoms with Crippen LogP contribution in [-0.2, 0) is 6.54 Å². The Hall–Kier alpha value is -1.61. The minimum absolute atomic E-state index is 0.0145. The van der Waals surface area contributed by atoms with E-state index >= 15 is 0 Å². The van der Waals surface area contributed by atoms with Crippen LogP contribution >= 0.6 is 0 Å². The van der Waals surface area contributed by atoms with Gasteiger partial charge in [0.2, 0.25) is 0 Å². The van der Waals surface area contributed by atoms with E-state index < -0.39 is 0 Å². The second kappa shape index (κ2) is 4.34. The molecule has 1 heterocycles. The number of rotatable bonds is 2. The third kappa shape index (κ3) is 2.74. The van der Waals surface area contributed by atoms with Crippen LogP contribution in [0.2, 0.25) is 0 Å². The van der Waals surface area contributed by atoms with Crippen molar-refractivity contribution in [3.8, 4) is 0 Å². The molecule has 0 unspecified atom stereocenters. The molecule has 0 aliphatic carbocycles. The number of aromatic nitrogens is 1.